The standard InChI is InChI=1S/C13H13BrF2N2O/c1-7-5-18-13(19-7)8(2)17-6-9-11(15)4-3-10(14)12(9)16/h3-5,8,17H,6H2,1-2H3. The normalized spacial score (nSPS) is 12.7. The van der Waals surface area contributed by atoms with E-state index in [1.54, 1.807) is 13.1 Å². The van der Waals surface area contributed by atoms with Crippen LogP contribution >= 0.6 is 15.9 Å². The van der Waals surface area contributed by atoms with Gasteiger partial charge in [0.25, 0.3) is 0 Å². The number of nitrogens with one attached hydrogen (secondary N) is 1. The van der Waals surface area contributed by atoms with Gasteiger partial charge >= 0.3 is 0 Å². The summed E-state index contributed by atoms with van der Waals surface area (Å²) < 4.78 is 32.9. The van der Waals surface area contributed by atoms with Gasteiger partial charge in [0.1, 0.15) is 17.4 Å². The second kappa shape index (κ2) is 5.79. The van der Waals surface area contributed by atoms with Crippen LogP contribution in [0.1, 0.15) is 30.2 Å². The summed E-state index contributed by atoms with van der Waals surface area (Å²) in [7, 11) is 0. The molecule has 0 aliphatic heterocycles. The minimum Gasteiger partial charge on any atom is -0.444 e. The summed E-state index contributed by atoms with van der Waals surface area (Å²) in [5, 5.41) is 2.98. The van der Waals surface area contributed by atoms with Crippen molar-refractivity contribution in [3.8, 4) is 0 Å². The number of rotatable bonds is 4. The zero-order chi connectivity index (χ0) is 14.0. The van der Waals surface area contributed by atoms with Crippen molar-refractivity contribution < 1.29 is 13.2 Å². The third kappa shape index (κ3) is 3.19. The molecule has 0 amide bonds. The van der Waals surface area contributed by atoms with Crippen LogP contribution in [0.2, 0.25) is 0 Å². The van der Waals surface area contributed by atoms with Gasteiger partial charge in [-0.1, -0.05) is 0 Å². The van der Waals surface area contributed by atoms with Gasteiger partial charge in [0, 0.05) is 12.1 Å². The van der Waals surface area contributed by atoms with Crippen LogP contribution in [0.15, 0.2) is 27.2 Å². The van der Waals surface area contributed by atoms with Crippen LogP contribution in [0.3, 0.4) is 0 Å². The average molecular weight is 331 g/mol. The monoisotopic (exact) mass is 330 g/mol. The number of oxazole rings is 1. The van der Waals surface area contributed by atoms with Gasteiger partial charge in [0.15, 0.2) is 0 Å². The smallest absolute Gasteiger partial charge is 0.211 e. The van der Waals surface area contributed by atoms with Gasteiger partial charge in [-0.25, -0.2) is 13.8 Å². The third-order valence-corrected chi connectivity index (χ3v) is 3.35. The maximum absolute atomic E-state index is 13.8. The van der Waals surface area contributed by atoms with Crippen molar-refractivity contribution in [3.05, 3.63) is 51.7 Å². The Kier molecular flexibility index (Phi) is 4.31. The number of aromatic nitrogens is 1. The molecule has 6 heteroatoms. The zero-order valence-corrected chi connectivity index (χ0v) is 12.1. The van der Waals surface area contributed by atoms with E-state index in [1.165, 1.54) is 12.1 Å². The van der Waals surface area contributed by atoms with E-state index in [4.69, 9.17) is 4.42 Å². The fraction of sp³-hybridized carbons (Fsp3) is 0.308. The molecule has 0 radical (unpaired) electrons. The minimum absolute atomic E-state index is 0.00972. The number of aryl methyl sites for hydroxylation is 1. The molecule has 1 atom stereocenters. The molecule has 3 nitrogen and oxygen atoms in total. The Hall–Kier alpha value is -1.27. The molecule has 1 heterocycles. The Labute approximate surface area is 118 Å². The van der Waals surface area contributed by atoms with Gasteiger partial charge in [0.2, 0.25) is 5.89 Å². The lowest BCUT2D eigenvalue weighted by Gasteiger charge is -2.12. The number of hydrogen-bond acceptors (Lipinski definition) is 3. The first kappa shape index (κ1) is 14.1. The summed E-state index contributed by atoms with van der Waals surface area (Å²) in [6.45, 7) is 3.66. The van der Waals surface area contributed by atoms with Crippen LogP contribution in [0.25, 0.3) is 0 Å². The lowest BCUT2D eigenvalue weighted by Crippen LogP contribution is -2.20. The summed E-state index contributed by atoms with van der Waals surface area (Å²) in [6.07, 6.45) is 1.60. The summed E-state index contributed by atoms with van der Waals surface area (Å²) in [5.74, 6) is 0.0176. The van der Waals surface area contributed by atoms with Crippen molar-refractivity contribution in [3.63, 3.8) is 0 Å². The molecule has 19 heavy (non-hydrogen) atoms. The van der Waals surface area contributed by atoms with Crippen LogP contribution in [-0.2, 0) is 6.54 Å². The summed E-state index contributed by atoms with van der Waals surface area (Å²) >= 11 is 3.04. The largest absolute Gasteiger partial charge is 0.444 e. The Morgan fingerprint density at radius 2 is 2.16 bits per heavy atom. The fourth-order valence-corrected chi connectivity index (χ4v) is 2.02. The SMILES string of the molecule is Cc1cnc(C(C)NCc2c(F)ccc(Br)c2F)o1. The predicted molar refractivity (Wildman–Crippen MR) is 70.6 cm³/mol. The molecule has 0 fully saturated rings. The quantitative estimate of drug-likeness (QED) is 0.864. The van der Waals surface area contributed by atoms with Gasteiger partial charge in [-0.15, -0.1) is 0 Å². The van der Waals surface area contributed by atoms with Crippen LogP contribution < -0.4 is 5.32 Å². The summed E-state index contributed by atoms with van der Waals surface area (Å²) in [5.41, 5.74) is -0.00972. The number of hydrogen-bond donors (Lipinski definition) is 1. The van der Waals surface area contributed by atoms with E-state index in [2.05, 4.69) is 26.2 Å². The first-order chi connectivity index (χ1) is 8.99. The zero-order valence-electron chi connectivity index (χ0n) is 10.5. The minimum atomic E-state index is -0.594. The van der Waals surface area contributed by atoms with Crippen molar-refractivity contribution in [1.29, 1.82) is 0 Å². The van der Waals surface area contributed by atoms with Gasteiger partial charge in [-0.05, 0) is 41.9 Å². The van der Waals surface area contributed by atoms with Gasteiger partial charge in [-0.3, -0.25) is 0 Å². The van der Waals surface area contributed by atoms with E-state index in [0.29, 0.717) is 11.7 Å². The molecule has 0 aliphatic carbocycles. The molecule has 1 unspecified atom stereocenters. The van der Waals surface area contributed by atoms with E-state index in [1.807, 2.05) is 6.92 Å². The second-order valence-corrected chi connectivity index (χ2v) is 5.09. The molecular formula is C13H13BrF2N2O. The van der Waals surface area contributed by atoms with Gasteiger partial charge in [0.05, 0.1) is 16.7 Å². The second-order valence-electron chi connectivity index (χ2n) is 4.23. The topological polar surface area (TPSA) is 38.1 Å². The Morgan fingerprint density at radius 1 is 1.42 bits per heavy atom. The molecule has 0 saturated carbocycles. The van der Waals surface area contributed by atoms with Crippen molar-refractivity contribution in [2.45, 2.75) is 26.4 Å². The van der Waals surface area contributed by atoms with Crippen LogP contribution in [0, 0.1) is 18.6 Å². The molecule has 0 bridgehead atoms. The average Bonchev–Trinajstić information content (AvgIpc) is 2.80. The van der Waals surface area contributed by atoms with E-state index in [0.717, 1.165) is 0 Å². The fourth-order valence-electron chi connectivity index (χ4n) is 1.65. The van der Waals surface area contributed by atoms with Crippen molar-refractivity contribution >= 4 is 15.9 Å². The van der Waals surface area contributed by atoms with E-state index in [9.17, 15) is 8.78 Å². The third-order valence-electron chi connectivity index (χ3n) is 2.73. The van der Waals surface area contributed by atoms with Crippen molar-refractivity contribution in [2.24, 2.45) is 0 Å². The summed E-state index contributed by atoms with van der Waals surface area (Å²) in [4.78, 5) is 4.06. The first-order valence-corrected chi connectivity index (χ1v) is 6.56. The number of nitrogens with zero attached hydrogens (tertiary/aromatic N) is 1. The maximum atomic E-state index is 13.8. The Balaban J connectivity index is 2.09. The summed E-state index contributed by atoms with van der Waals surface area (Å²) in [6, 6.07) is 2.34. The molecule has 0 spiro atoms. The highest BCUT2D eigenvalue weighted by Gasteiger charge is 2.15. The lowest BCUT2D eigenvalue weighted by molar-refractivity contribution is 0.397. The van der Waals surface area contributed by atoms with E-state index >= 15 is 0 Å². The molecule has 102 valence electrons. The van der Waals surface area contributed by atoms with Crippen LogP contribution in [0.5, 0.6) is 0 Å². The van der Waals surface area contributed by atoms with Gasteiger partial charge < -0.3 is 9.73 Å². The Morgan fingerprint density at radius 3 is 2.79 bits per heavy atom. The van der Waals surface area contributed by atoms with Crippen molar-refractivity contribution in [2.75, 3.05) is 0 Å². The highest BCUT2D eigenvalue weighted by molar-refractivity contribution is 9.10. The van der Waals surface area contributed by atoms with Gasteiger partial charge in [-0.2, -0.15) is 0 Å². The van der Waals surface area contributed by atoms with Crippen LogP contribution in [-0.4, -0.2) is 4.98 Å². The molecule has 1 aromatic heterocycles. The number of halogens is 3. The molecule has 0 aliphatic rings. The first-order valence-electron chi connectivity index (χ1n) is 5.77. The van der Waals surface area contributed by atoms with E-state index in [-0.39, 0.29) is 22.6 Å². The van der Waals surface area contributed by atoms with E-state index < -0.39 is 11.6 Å². The molecule has 1 N–H and O–H groups in total. The molecule has 2 rings (SSSR count). The number of benzene rings is 1. The molecule has 0 saturated heterocycles. The molecule has 2 aromatic rings. The highest BCUT2D eigenvalue weighted by atomic mass is 79.9. The van der Waals surface area contributed by atoms with Crippen LogP contribution in [0.4, 0.5) is 8.78 Å². The van der Waals surface area contributed by atoms with Crippen molar-refractivity contribution in [1.82, 2.24) is 10.3 Å². The highest BCUT2D eigenvalue weighted by Crippen LogP contribution is 2.22. The molecular weight excluding hydrogens is 318 g/mol. The maximum Gasteiger partial charge on any atom is 0.211 e. The lowest BCUT2D eigenvalue weighted by atomic mass is 10.2. The molecule has 1 aromatic carbocycles. The predicted octanol–water partition coefficient (Wildman–Crippen LogP) is 3.87. The Bertz CT molecular complexity index is 586.